The highest BCUT2D eigenvalue weighted by Gasteiger charge is 2.52. The van der Waals surface area contributed by atoms with Gasteiger partial charge >= 0.3 is 0 Å². The van der Waals surface area contributed by atoms with Crippen molar-refractivity contribution in [1.29, 1.82) is 0 Å². The van der Waals surface area contributed by atoms with Gasteiger partial charge in [-0.2, -0.15) is 0 Å². The maximum Gasteiger partial charge on any atom is 0.224 e. The number of para-hydroxylation sites is 1. The van der Waals surface area contributed by atoms with E-state index in [0.717, 1.165) is 16.8 Å². The van der Waals surface area contributed by atoms with Crippen LogP contribution in [0, 0.1) is 11.7 Å². The summed E-state index contributed by atoms with van der Waals surface area (Å²) in [7, 11) is 0. The molecule has 7 heteroatoms. The number of ether oxygens (including phenoxy) is 1. The fourth-order valence-corrected chi connectivity index (χ4v) is 5.29. The maximum atomic E-state index is 13.9. The summed E-state index contributed by atoms with van der Waals surface area (Å²) in [5.74, 6) is -0.0991. The number of hydrogen-bond acceptors (Lipinski definition) is 5. The Balaban J connectivity index is 1.19. The van der Waals surface area contributed by atoms with Crippen molar-refractivity contribution in [2.45, 2.75) is 43.5 Å². The number of anilines is 1. The van der Waals surface area contributed by atoms with E-state index in [1.807, 2.05) is 18.2 Å². The van der Waals surface area contributed by atoms with Crippen molar-refractivity contribution in [3.63, 3.8) is 0 Å². The fraction of sp³-hybridized carbons (Fsp3) is 0.458. The number of halogens is 1. The predicted octanol–water partition coefficient (Wildman–Crippen LogP) is 2.65. The van der Waals surface area contributed by atoms with Crippen LogP contribution in [0.2, 0.25) is 0 Å². The molecule has 2 aliphatic heterocycles. The van der Waals surface area contributed by atoms with E-state index in [1.54, 1.807) is 18.2 Å². The Kier molecular flexibility index (Phi) is 5.20. The van der Waals surface area contributed by atoms with Gasteiger partial charge in [-0.15, -0.1) is 0 Å². The fourth-order valence-electron chi connectivity index (χ4n) is 5.29. The van der Waals surface area contributed by atoms with Crippen molar-refractivity contribution < 1.29 is 24.1 Å². The molecule has 0 aromatic heterocycles. The summed E-state index contributed by atoms with van der Waals surface area (Å²) >= 11 is 0. The molecule has 2 fully saturated rings. The van der Waals surface area contributed by atoms with E-state index in [-0.39, 0.29) is 29.5 Å². The predicted molar refractivity (Wildman–Crippen MR) is 113 cm³/mol. The first-order valence-corrected chi connectivity index (χ1v) is 10.9. The van der Waals surface area contributed by atoms with Crippen molar-refractivity contribution >= 4 is 11.6 Å². The third kappa shape index (κ3) is 4.05. The van der Waals surface area contributed by atoms with Crippen LogP contribution < -0.4 is 10.1 Å². The summed E-state index contributed by atoms with van der Waals surface area (Å²) < 4.78 is 19.7. The van der Waals surface area contributed by atoms with Crippen molar-refractivity contribution in [2.24, 2.45) is 5.92 Å². The molecule has 1 unspecified atom stereocenters. The molecule has 0 bridgehead atoms. The number of nitrogens with one attached hydrogen (secondary N) is 1. The molecule has 2 aromatic carbocycles. The monoisotopic (exact) mass is 426 g/mol. The summed E-state index contributed by atoms with van der Waals surface area (Å²) in [5.41, 5.74) is 1.80. The van der Waals surface area contributed by atoms with Gasteiger partial charge in [-0.25, -0.2) is 4.39 Å². The highest BCUT2D eigenvalue weighted by molar-refractivity contribution is 5.93. The van der Waals surface area contributed by atoms with Crippen molar-refractivity contribution in [2.75, 3.05) is 25.0 Å². The minimum Gasteiger partial charge on any atom is -0.487 e. The van der Waals surface area contributed by atoms with Gasteiger partial charge in [0.25, 0.3) is 0 Å². The summed E-state index contributed by atoms with van der Waals surface area (Å²) in [5, 5.41) is 24.8. The van der Waals surface area contributed by atoms with Gasteiger partial charge in [-0.1, -0.05) is 24.3 Å². The third-order valence-corrected chi connectivity index (χ3v) is 6.84. The lowest BCUT2D eigenvalue weighted by Crippen LogP contribution is -2.36. The van der Waals surface area contributed by atoms with Gasteiger partial charge in [0.15, 0.2) is 11.6 Å². The van der Waals surface area contributed by atoms with E-state index < -0.39 is 11.7 Å². The zero-order valence-corrected chi connectivity index (χ0v) is 17.3. The Labute approximate surface area is 180 Å². The van der Waals surface area contributed by atoms with E-state index in [4.69, 9.17) is 4.74 Å². The number of aliphatic hydroxyl groups is 2. The molecule has 4 atom stereocenters. The first-order valence-electron chi connectivity index (χ1n) is 10.9. The van der Waals surface area contributed by atoms with Gasteiger partial charge in [0, 0.05) is 44.1 Å². The third-order valence-electron chi connectivity index (χ3n) is 6.84. The van der Waals surface area contributed by atoms with Gasteiger partial charge in [0.05, 0.1) is 11.7 Å². The lowest BCUT2D eigenvalue weighted by Gasteiger charge is -2.25. The number of hydrogen-bond donors (Lipinski definition) is 3. The molecule has 2 aromatic rings. The van der Waals surface area contributed by atoms with Gasteiger partial charge in [-0.3, -0.25) is 9.69 Å². The number of likely N-dealkylation sites (tertiary alicyclic amines) is 1. The van der Waals surface area contributed by atoms with Crippen LogP contribution in [0.5, 0.6) is 5.75 Å². The minimum absolute atomic E-state index is 0.0231. The van der Waals surface area contributed by atoms with E-state index in [0.29, 0.717) is 45.3 Å². The van der Waals surface area contributed by atoms with Crippen LogP contribution >= 0.6 is 0 Å². The highest BCUT2D eigenvalue weighted by Crippen LogP contribution is 2.43. The molecular weight excluding hydrogens is 399 g/mol. The van der Waals surface area contributed by atoms with Crippen molar-refractivity contribution in [3.05, 3.63) is 59.4 Å². The second kappa shape index (κ2) is 7.89. The van der Waals surface area contributed by atoms with E-state index in [2.05, 4.69) is 10.2 Å². The Morgan fingerprint density at radius 2 is 2.10 bits per heavy atom. The standard InChI is InChI=1S/C24H27FN2O4/c25-19-3-1-2-4-22(19)31-18-10-17-12-27(14-24(17,30)11-18)13-21(28)16-5-7-20-15(9-16)6-8-23(29)26-20/h1-5,7,9,17-18,21,28,30H,6,8,10-14H2,(H,26,29)/t17-,18+,21?,24-/m1/s1. The van der Waals surface area contributed by atoms with Crippen LogP contribution in [0.25, 0.3) is 0 Å². The molecule has 6 nitrogen and oxygen atoms in total. The molecule has 1 saturated heterocycles. The lowest BCUT2D eigenvalue weighted by atomic mass is 9.95. The zero-order chi connectivity index (χ0) is 21.6. The van der Waals surface area contributed by atoms with Gasteiger partial charge in [-0.05, 0) is 42.2 Å². The molecule has 1 amide bonds. The molecular formula is C24H27FN2O4. The average molecular weight is 426 g/mol. The Bertz CT molecular complexity index is 999. The SMILES string of the molecule is O=C1CCc2cc(C(O)CN3C[C@H]4C[C@H](Oc5ccccc5F)C[C@@]4(O)C3)ccc2N1. The topological polar surface area (TPSA) is 82.0 Å². The molecule has 31 heavy (non-hydrogen) atoms. The molecule has 5 rings (SSSR count). The van der Waals surface area contributed by atoms with E-state index in [1.165, 1.54) is 6.07 Å². The van der Waals surface area contributed by atoms with Crippen LogP contribution in [-0.4, -0.2) is 52.4 Å². The normalized spacial score (nSPS) is 28.7. The van der Waals surface area contributed by atoms with Gasteiger partial charge in [0.2, 0.25) is 5.91 Å². The first kappa shape index (κ1) is 20.4. The summed E-state index contributed by atoms with van der Waals surface area (Å²) in [6, 6.07) is 12.0. The first-order chi connectivity index (χ1) is 14.9. The van der Waals surface area contributed by atoms with E-state index >= 15 is 0 Å². The molecule has 0 spiro atoms. The maximum absolute atomic E-state index is 13.9. The van der Waals surface area contributed by atoms with Gasteiger partial charge < -0.3 is 20.3 Å². The van der Waals surface area contributed by atoms with Crippen LogP contribution in [-0.2, 0) is 11.2 Å². The summed E-state index contributed by atoms with van der Waals surface area (Å²) in [4.78, 5) is 13.6. The smallest absolute Gasteiger partial charge is 0.224 e. The highest BCUT2D eigenvalue weighted by atomic mass is 19.1. The van der Waals surface area contributed by atoms with Gasteiger partial charge in [0.1, 0.15) is 6.10 Å². The number of fused-ring (bicyclic) bond motifs is 2. The summed E-state index contributed by atoms with van der Waals surface area (Å²) in [6.45, 7) is 1.57. The average Bonchev–Trinajstić information content (AvgIpc) is 3.19. The molecule has 2 heterocycles. The number of benzene rings is 2. The lowest BCUT2D eigenvalue weighted by molar-refractivity contribution is -0.116. The van der Waals surface area contributed by atoms with Crippen molar-refractivity contribution in [3.8, 4) is 5.75 Å². The van der Waals surface area contributed by atoms with E-state index in [9.17, 15) is 19.4 Å². The second-order valence-corrected chi connectivity index (χ2v) is 9.09. The molecule has 3 N–H and O–H groups in total. The number of β-amino-alcohol motifs (C(OH)–C–C–N with tert-alkyl or cyclic N) is 2. The Morgan fingerprint density at radius 3 is 2.90 bits per heavy atom. The minimum atomic E-state index is -0.879. The zero-order valence-electron chi connectivity index (χ0n) is 17.3. The van der Waals surface area contributed by atoms with Crippen LogP contribution in [0.4, 0.5) is 10.1 Å². The van der Waals surface area contributed by atoms with Crippen LogP contribution in [0.3, 0.4) is 0 Å². The molecule has 1 saturated carbocycles. The number of rotatable bonds is 5. The number of aliphatic hydroxyl groups excluding tert-OH is 1. The Hall–Kier alpha value is -2.48. The summed E-state index contributed by atoms with van der Waals surface area (Å²) in [6.07, 6.45) is 1.37. The number of amides is 1. The molecule has 1 aliphatic carbocycles. The number of carbonyl (C=O) groups is 1. The van der Waals surface area contributed by atoms with Crippen LogP contribution in [0.1, 0.15) is 36.5 Å². The number of nitrogens with zero attached hydrogens (tertiary/aromatic N) is 1. The Morgan fingerprint density at radius 1 is 1.26 bits per heavy atom. The van der Waals surface area contributed by atoms with Crippen LogP contribution in [0.15, 0.2) is 42.5 Å². The number of carbonyl (C=O) groups excluding carboxylic acids is 1. The quantitative estimate of drug-likeness (QED) is 0.685. The molecule has 0 radical (unpaired) electrons. The number of aryl methyl sites for hydroxylation is 1. The van der Waals surface area contributed by atoms with Crippen molar-refractivity contribution in [1.82, 2.24) is 4.90 Å². The second-order valence-electron chi connectivity index (χ2n) is 9.09. The molecule has 164 valence electrons. The largest absolute Gasteiger partial charge is 0.487 e. The molecule has 3 aliphatic rings.